The number of benzene rings is 1. The fourth-order valence-corrected chi connectivity index (χ4v) is 3.21. The molecule has 3 heteroatoms. The van der Waals surface area contributed by atoms with Gasteiger partial charge in [-0.05, 0) is 45.4 Å². The van der Waals surface area contributed by atoms with E-state index < -0.39 is 0 Å². The lowest BCUT2D eigenvalue weighted by Gasteiger charge is -2.36. The van der Waals surface area contributed by atoms with E-state index >= 15 is 0 Å². The first-order valence-electron chi connectivity index (χ1n) is 7.70. The van der Waals surface area contributed by atoms with Gasteiger partial charge in [-0.25, -0.2) is 0 Å². The second kappa shape index (κ2) is 7.21. The quantitative estimate of drug-likeness (QED) is 0.895. The number of hydrogen-bond acceptors (Lipinski definition) is 3. The van der Waals surface area contributed by atoms with E-state index in [2.05, 4.69) is 62.3 Å². The minimum absolute atomic E-state index is 0.352. The van der Waals surface area contributed by atoms with E-state index in [-0.39, 0.29) is 0 Å². The molecule has 0 aromatic heterocycles. The minimum atomic E-state index is 0.352. The summed E-state index contributed by atoms with van der Waals surface area (Å²) in [5.41, 5.74) is 2.79. The third kappa shape index (κ3) is 4.05. The van der Waals surface area contributed by atoms with Gasteiger partial charge >= 0.3 is 0 Å². The van der Waals surface area contributed by atoms with Crippen LogP contribution in [0.3, 0.4) is 0 Å². The maximum atomic E-state index is 5.80. The molecule has 1 heterocycles. The SMILES string of the molecule is CNC(CCN1CC(C)OC(C)C1)c1ccccc1C. The van der Waals surface area contributed by atoms with Crippen molar-refractivity contribution in [2.24, 2.45) is 0 Å². The Kier molecular flexibility index (Phi) is 5.58. The van der Waals surface area contributed by atoms with Crippen molar-refractivity contribution in [1.82, 2.24) is 10.2 Å². The van der Waals surface area contributed by atoms with Crippen molar-refractivity contribution in [1.29, 1.82) is 0 Å². The van der Waals surface area contributed by atoms with Gasteiger partial charge in [0, 0.05) is 25.7 Å². The molecule has 1 aliphatic rings. The van der Waals surface area contributed by atoms with Crippen molar-refractivity contribution < 1.29 is 4.74 Å². The van der Waals surface area contributed by atoms with Crippen molar-refractivity contribution in [3.63, 3.8) is 0 Å². The van der Waals surface area contributed by atoms with Gasteiger partial charge in [0.15, 0.2) is 0 Å². The van der Waals surface area contributed by atoms with Gasteiger partial charge < -0.3 is 10.1 Å². The lowest BCUT2D eigenvalue weighted by atomic mass is 9.98. The van der Waals surface area contributed by atoms with Crippen molar-refractivity contribution in [3.8, 4) is 0 Å². The van der Waals surface area contributed by atoms with Crippen molar-refractivity contribution in [3.05, 3.63) is 35.4 Å². The standard InChI is InChI=1S/C17H28N2O/c1-13-7-5-6-8-16(13)17(18-4)9-10-19-11-14(2)20-15(3)12-19/h5-8,14-15,17-18H,9-12H2,1-4H3. The van der Waals surface area contributed by atoms with E-state index in [0.717, 1.165) is 26.1 Å². The first-order valence-corrected chi connectivity index (χ1v) is 7.70. The molecule has 0 amide bonds. The summed E-state index contributed by atoms with van der Waals surface area (Å²) in [4.78, 5) is 2.53. The van der Waals surface area contributed by atoms with Gasteiger partial charge in [0.1, 0.15) is 0 Å². The Hall–Kier alpha value is -0.900. The third-order valence-corrected chi connectivity index (χ3v) is 4.14. The summed E-state index contributed by atoms with van der Waals surface area (Å²) in [5.74, 6) is 0. The molecule has 3 nitrogen and oxygen atoms in total. The van der Waals surface area contributed by atoms with Crippen LogP contribution in [0.2, 0.25) is 0 Å². The highest BCUT2D eigenvalue weighted by Crippen LogP contribution is 2.21. The van der Waals surface area contributed by atoms with Crippen LogP contribution >= 0.6 is 0 Å². The first kappa shape index (κ1) is 15.5. The zero-order valence-corrected chi connectivity index (χ0v) is 13.2. The van der Waals surface area contributed by atoms with E-state index in [9.17, 15) is 0 Å². The van der Waals surface area contributed by atoms with Gasteiger partial charge in [-0.1, -0.05) is 24.3 Å². The van der Waals surface area contributed by atoms with Gasteiger partial charge in [-0.15, -0.1) is 0 Å². The average molecular weight is 276 g/mol. The topological polar surface area (TPSA) is 24.5 Å². The number of aryl methyl sites for hydroxylation is 1. The molecule has 1 aromatic carbocycles. The van der Waals surface area contributed by atoms with E-state index in [0.29, 0.717) is 18.2 Å². The molecule has 0 aliphatic carbocycles. The zero-order valence-electron chi connectivity index (χ0n) is 13.2. The number of rotatable bonds is 5. The zero-order chi connectivity index (χ0) is 14.5. The average Bonchev–Trinajstić information content (AvgIpc) is 2.40. The summed E-state index contributed by atoms with van der Waals surface area (Å²) in [7, 11) is 2.06. The molecule has 112 valence electrons. The van der Waals surface area contributed by atoms with E-state index in [1.165, 1.54) is 11.1 Å². The normalized spacial score (nSPS) is 25.6. The number of morpholine rings is 1. The predicted molar refractivity (Wildman–Crippen MR) is 84.0 cm³/mol. The van der Waals surface area contributed by atoms with E-state index in [4.69, 9.17) is 4.74 Å². The van der Waals surface area contributed by atoms with Gasteiger partial charge in [-0.3, -0.25) is 4.90 Å². The highest BCUT2D eigenvalue weighted by molar-refractivity contribution is 5.28. The van der Waals surface area contributed by atoms with Crippen LogP contribution < -0.4 is 5.32 Å². The van der Waals surface area contributed by atoms with Gasteiger partial charge in [0.05, 0.1) is 12.2 Å². The Bertz CT molecular complexity index is 411. The summed E-state index contributed by atoms with van der Waals surface area (Å²) >= 11 is 0. The van der Waals surface area contributed by atoms with Crippen LogP contribution in [0.25, 0.3) is 0 Å². The molecule has 1 fully saturated rings. The maximum absolute atomic E-state index is 5.80. The second-order valence-electron chi connectivity index (χ2n) is 6.00. The van der Waals surface area contributed by atoms with Crippen LogP contribution in [0.1, 0.15) is 37.4 Å². The fourth-order valence-electron chi connectivity index (χ4n) is 3.21. The van der Waals surface area contributed by atoms with Crippen LogP contribution in [0.15, 0.2) is 24.3 Å². The predicted octanol–water partition coefficient (Wildman–Crippen LogP) is 2.75. The molecule has 0 bridgehead atoms. The Morgan fingerprint density at radius 3 is 2.50 bits per heavy atom. The third-order valence-electron chi connectivity index (χ3n) is 4.14. The van der Waals surface area contributed by atoms with Gasteiger partial charge in [0.2, 0.25) is 0 Å². The highest BCUT2D eigenvalue weighted by atomic mass is 16.5. The number of hydrogen-bond donors (Lipinski definition) is 1. The lowest BCUT2D eigenvalue weighted by Crippen LogP contribution is -2.46. The number of ether oxygens (including phenoxy) is 1. The highest BCUT2D eigenvalue weighted by Gasteiger charge is 2.22. The minimum Gasteiger partial charge on any atom is -0.373 e. The summed E-state index contributed by atoms with van der Waals surface area (Å²) in [5, 5.41) is 3.46. The molecule has 1 saturated heterocycles. The van der Waals surface area contributed by atoms with Crippen LogP contribution in [0, 0.1) is 6.92 Å². The molecular formula is C17H28N2O. The summed E-state index contributed by atoms with van der Waals surface area (Å²) < 4.78 is 5.80. The molecule has 3 unspecified atom stereocenters. The molecule has 3 atom stereocenters. The maximum Gasteiger partial charge on any atom is 0.0678 e. The number of nitrogens with zero attached hydrogens (tertiary/aromatic N) is 1. The molecular weight excluding hydrogens is 248 g/mol. The number of nitrogens with one attached hydrogen (secondary N) is 1. The Morgan fingerprint density at radius 1 is 1.25 bits per heavy atom. The Balaban J connectivity index is 1.93. The Morgan fingerprint density at radius 2 is 1.90 bits per heavy atom. The van der Waals surface area contributed by atoms with E-state index in [1.807, 2.05) is 0 Å². The van der Waals surface area contributed by atoms with Crippen molar-refractivity contribution in [2.75, 3.05) is 26.7 Å². The first-order chi connectivity index (χ1) is 9.60. The van der Waals surface area contributed by atoms with Crippen LogP contribution in [0.4, 0.5) is 0 Å². The summed E-state index contributed by atoms with van der Waals surface area (Å²) in [6.07, 6.45) is 1.84. The van der Waals surface area contributed by atoms with Gasteiger partial charge in [0.25, 0.3) is 0 Å². The van der Waals surface area contributed by atoms with Crippen molar-refractivity contribution >= 4 is 0 Å². The summed E-state index contributed by atoms with van der Waals surface area (Å²) in [6, 6.07) is 9.10. The smallest absolute Gasteiger partial charge is 0.0678 e. The molecule has 2 rings (SSSR count). The van der Waals surface area contributed by atoms with Crippen molar-refractivity contribution in [2.45, 2.75) is 45.4 Å². The van der Waals surface area contributed by atoms with Gasteiger partial charge in [-0.2, -0.15) is 0 Å². The van der Waals surface area contributed by atoms with Crippen LogP contribution in [0.5, 0.6) is 0 Å². The molecule has 20 heavy (non-hydrogen) atoms. The fraction of sp³-hybridized carbons (Fsp3) is 0.647. The summed E-state index contributed by atoms with van der Waals surface area (Å²) in [6.45, 7) is 9.75. The van der Waals surface area contributed by atoms with E-state index in [1.54, 1.807) is 0 Å². The van der Waals surface area contributed by atoms with Crippen LogP contribution in [-0.2, 0) is 4.74 Å². The molecule has 1 N–H and O–H groups in total. The molecule has 0 radical (unpaired) electrons. The second-order valence-corrected chi connectivity index (χ2v) is 6.00. The Labute approximate surface area is 123 Å². The molecule has 1 aromatic rings. The molecule has 0 saturated carbocycles. The lowest BCUT2D eigenvalue weighted by molar-refractivity contribution is -0.0685. The van der Waals surface area contributed by atoms with Crippen LogP contribution in [-0.4, -0.2) is 43.8 Å². The molecule has 1 aliphatic heterocycles. The molecule has 0 spiro atoms. The largest absolute Gasteiger partial charge is 0.373 e. The monoisotopic (exact) mass is 276 g/mol.